The number of rotatable bonds is 5. The van der Waals surface area contributed by atoms with Gasteiger partial charge in [0.05, 0.1) is 22.3 Å². The smallest absolute Gasteiger partial charge is 0.165 e. The monoisotopic (exact) mass is 748 g/mol. The third kappa shape index (κ3) is 5.49. The van der Waals surface area contributed by atoms with Gasteiger partial charge in [0, 0.05) is 53.5 Å². The second kappa shape index (κ2) is 13.4. The van der Waals surface area contributed by atoms with Crippen LogP contribution in [0.4, 0.5) is 0 Å². The quantitative estimate of drug-likeness (QED) is 0.138. The average molecular weight is 749 g/mol. The van der Waals surface area contributed by atoms with Gasteiger partial charge in [-0.15, -0.1) is 11.3 Å². The van der Waals surface area contributed by atoms with Crippen LogP contribution >= 0.6 is 11.3 Å². The van der Waals surface area contributed by atoms with Gasteiger partial charge in [0.1, 0.15) is 11.2 Å². The molecule has 0 fully saturated rings. The van der Waals surface area contributed by atoms with Gasteiger partial charge in [0.2, 0.25) is 0 Å². The van der Waals surface area contributed by atoms with Crippen molar-refractivity contribution in [2.45, 2.75) is 0 Å². The molecule has 0 spiro atoms. The van der Waals surface area contributed by atoms with Crippen molar-refractivity contribution >= 4 is 93.1 Å². The predicted molar refractivity (Wildman–Crippen MR) is 240 cm³/mol. The number of amidine groups is 2. The van der Waals surface area contributed by atoms with E-state index < -0.39 is 0 Å². The molecular formula is C51H32N4OS. The summed E-state index contributed by atoms with van der Waals surface area (Å²) in [5.41, 5.74) is 9.59. The number of hydrogen-bond acceptors (Lipinski definition) is 3. The fourth-order valence-electron chi connectivity index (χ4n) is 8.21. The van der Waals surface area contributed by atoms with Crippen LogP contribution in [-0.2, 0) is 0 Å². The molecule has 0 saturated carbocycles. The molecule has 5 nitrogen and oxygen atoms in total. The first kappa shape index (κ1) is 33.0. The molecule has 11 rings (SSSR count). The molecule has 0 radical (unpaired) electrons. The summed E-state index contributed by atoms with van der Waals surface area (Å²) in [5.74, 6) is 0.531. The van der Waals surface area contributed by atoms with E-state index in [-0.39, 0.29) is 5.84 Å². The Bertz CT molecular complexity index is 3370. The maximum Gasteiger partial charge on any atom is 0.165 e. The Morgan fingerprint density at radius 3 is 2.05 bits per heavy atom. The van der Waals surface area contributed by atoms with Gasteiger partial charge in [-0.25, -0.2) is 9.98 Å². The normalized spacial score (nSPS) is 12.3. The maximum absolute atomic E-state index is 8.91. The molecule has 0 aliphatic heterocycles. The highest BCUT2D eigenvalue weighted by atomic mass is 32.1. The van der Waals surface area contributed by atoms with E-state index in [1.54, 1.807) is 6.21 Å². The lowest BCUT2D eigenvalue weighted by Crippen LogP contribution is -2.05. The lowest BCUT2D eigenvalue weighted by atomic mass is 9.97. The lowest BCUT2D eigenvalue weighted by Gasteiger charge is -2.11. The third-order valence-electron chi connectivity index (χ3n) is 10.8. The highest BCUT2D eigenvalue weighted by Crippen LogP contribution is 2.44. The number of fused-ring (bicyclic) bond motifs is 9. The third-order valence-corrected chi connectivity index (χ3v) is 11.9. The van der Waals surface area contributed by atoms with Gasteiger partial charge >= 0.3 is 0 Å². The first-order valence-corrected chi connectivity index (χ1v) is 19.7. The van der Waals surface area contributed by atoms with Crippen LogP contribution in [0.1, 0.15) is 16.7 Å². The van der Waals surface area contributed by atoms with Crippen LogP contribution in [0.3, 0.4) is 0 Å². The van der Waals surface area contributed by atoms with Crippen LogP contribution in [-0.4, -0.2) is 22.5 Å². The van der Waals surface area contributed by atoms with Crippen molar-refractivity contribution in [2.75, 3.05) is 0 Å². The Hall–Kier alpha value is -7.41. The number of para-hydroxylation sites is 3. The van der Waals surface area contributed by atoms with Crippen LogP contribution in [0.2, 0.25) is 0 Å². The molecule has 6 heteroatoms. The van der Waals surface area contributed by atoms with Crippen molar-refractivity contribution in [1.29, 1.82) is 5.41 Å². The minimum absolute atomic E-state index is 0.126. The van der Waals surface area contributed by atoms with Gasteiger partial charge in [-0.1, -0.05) is 133 Å². The second-order valence-electron chi connectivity index (χ2n) is 14.1. The van der Waals surface area contributed by atoms with Crippen LogP contribution < -0.4 is 0 Å². The van der Waals surface area contributed by atoms with E-state index >= 15 is 0 Å². The minimum Gasteiger partial charge on any atom is -0.455 e. The van der Waals surface area contributed by atoms with Crippen LogP contribution in [0, 0.1) is 5.41 Å². The molecule has 0 unspecified atom stereocenters. The highest BCUT2D eigenvalue weighted by Gasteiger charge is 2.20. The summed E-state index contributed by atoms with van der Waals surface area (Å²) in [5, 5.41) is 15.9. The molecule has 268 valence electrons. The van der Waals surface area contributed by atoms with Gasteiger partial charge in [0.15, 0.2) is 11.7 Å². The van der Waals surface area contributed by atoms with E-state index in [0.717, 1.165) is 38.6 Å². The number of hydrogen-bond donors (Lipinski definition) is 1. The molecule has 0 saturated heterocycles. The van der Waals surface area contributed by atoms with E-state index in [0.29, 0.717) is 17.0 Å². The average Bonchev–Trinajstić information content (AvgIpc) is 3.95. The van der Waals surface area contributed by atoms with Crippen molar-refractivity contribution in [2.24, 2.45) is 9.98 Å². The number of nitrogens with zero attached hydrogens (tertiary/aromatic N) is 3. The number of benzene rings is 8. The van der Waals surface area contributed by atoms with Crippen LogP contribution in [0.5, 0.6) is 0 Å². The van der Waals surface area contributed by atoms with Gasteiger partial charge in [-0.2, -0.15) is 0 Å². The standard InChI is InChI=1S/C51H32N4OS/c52-50(33-16-5-2-6-17-33)54-51(53-31-32-14-3-1-4-15-32)39-22-11-21-38-47-35(20-12-26-44(47)56-49(38)39)34-28-29-45-40(30-34)48-43(25-13-27-46(48)57-45)55-41-23-9-7-18-36(41)37-19-8-10-24-42(37)55/h1-31,52H/b52-50?,53-31+,54-51-. The molecule has 3 heterocycles. The Balaban J connectivity index is 1.10. The Labute approximate surface area is 331 Å². The number of aliphatic imine (C=N–C) groups is 2. The number of furan rings is 1. The fraction of sp³-hybridized carbons (Fsp3) is 0. The van der Waals surface area contributed by atoms with Crippen molar-refractivity contribution in [1.82, 2.24) is 4.57 Å². The molecule has 0 aliphatic rings. The van der Waals surface area contributed by atoms with E-state index in [1.807, 2.05) is 90.2 Å². The Morgan fingerprint density at radius 1 is 0.579 bits per heavy atom. The van der Waals surface area contributed by atoms with Crippen molar-refractivity contribution in [3.8, 4) is 16.8 Å². The zero-order valence-corrected chi connectivity index (χ0v) is 31.4. The zero-order chi connectivity index (χ0) is 37.9. The molecule has 0 aliphatic carbocycles. The molecule has 0 bridgehead atoms. The summed E-state index contributed by atoms with van der Waals surface area (Å²) >= 11 is 1.83. The zero-order valence-electron chi connectivity index (χ0n) is 30.6. The van der Waals surface area contributed by atoms with Gasteiger partial charge < -0.3 is 8.98 Å². The van der Waals surface area contributed by atoms with Crippen molar-refractivity contribution < 1.29 is 4.42 Å². The molecule has 3 aromatic heterocycles. The van der Waals surface area contributed by atoms with Gasteiger partial charge in [-0.05, 0) is 65.2 Å². The summed E-state index contributed by atoms with van der Waals surface area (Å²) in [6.45, 7) is 0. The molecule has 11 aromatic rings. The molecule has 0 atom stereocenters. The summed E-state index contributed by atoms with van der Waals surface area (Å²) in [4.78, 5) is 9.68. The molecule has 1 N–H and O–H groups in total. The maximum atomic E-state index is 8.91. The Kier molecular flexibility index (Phi) is 7.76. The topological polar surface area (TPSA) is 66.6 Å². The summed E-state index contributed by atoms with van der Waals surface area (Å²) in [7, 11) is 0. The van der Waals surface area contributed by atoms with E-state index in [1.165, 1.54) is 47.7 Å². The number of aromatic nitrogens is 1. The van der Waals surface area contributed by atoms with Crippen LogP contribution in [0.15, 0.2) is 196 Å². The first-order valence-electron chi connectivity index (χ1n) is 18.9. The first-order chi connectivity index (χ1) is 28.2. The van der Waals surface area contributed by atoms with Gasteiger partial charge in [0.25, 0.3) is 0 Å². The summed E-state index contributed by atoms with van der Waals surface area (Å²) in [6.07, 6.45) is 1.79. The molecular weight excluding hydrogens is 717 g/mol. The van der Waals surface area contributed by atoms with Crippen LogP contribution in [0.25, 0.3) is 80.7 Å². The van der Waals surface area contributed by atoms with Gasteiger partial charge in [-0.3, -0.25) is 5.41 Å². The SMILES string of the molecule is N=C(/N=C(\N=C\c1ccccc1)c1cccc2c1oc1cccc(-c3ccc4sc5cccc(-n6c7ccccc7c7ccccc76)c5c4c3)c12)c1ccccc1. The minimum atomic E-state index is 0.126. The summed E-state index contributed by atoms with van der Waals surface area (Å²) in [6, 6.07) is 62.7. The lowest BCUT2D eigenvalue weighted by molar-refractivity contribution is 0.668. The van der Waals surface area contributed by atoms with Crippen molar-refractivity contribution in [3.63, 3.8) is 0 Å². The molecule has 0 amide bonds. The fourth-order valence-corrected chi connectivity index (χ4v) is 9.32. The van der Waals surface area contributed by atoms with E-state index in [4.69, 9.17) is 19.8 Å². The Morgan fingerprint density at radius 2 is 1.26 bits per heavy atom. The number of thiophene rings is 1. The summed E-state index contributed by atoms with van der Waals surface area (Å²) < 4.78 is 11.7. The van der Waals surface area contributed by atoms with E-state index in [9.17, 15) is 0 Å². The largest absolute Gasteiger partial charge is 0.455 e. The highest BCUT2D eigenvalue weighted by molar-refractivity contribution is 7.25. The predicted octanol–water partition coefficient (Wildman–Crippen LogP) is 13.6. The second-order valence-corrected chi connectivity index (χ2v) is 15.2. The molecule has 57 heavy (non-hydrogen) atoms. The molecule has 8 aromatic carbocycles. The number of nitrogens with one attached hydrogen (secondary N) is 1. The van der Waals surface area contributed by atoms with Crippen molar-refractivity contribution in [3.05, 3.63) is 199 Å². The van der Waals surface area contributed by atoms with E-state index in [2.05, 4.69) is 108 Å².